The summed E-state index contributed by atoms with van der Waals surface area (Å²) in [7, 11) is 0. The molecule has 76 valence electrons. The lowest BCUT2D eigenvalue weighted by molar-refractivity contribution is 0.222. The minimum Gasteiger partial charge on any atom is -0.330 e. The lowest BCUT2D eigenvalue weighted by atomic mass is 9.62. The normalized spacial score (nSPS) is 19.0. The van der Waals surface area contributed by atoms with Gasteiger partial charge in [0.25, 0.3) is 0 Å². The molecule has 1 aliphatic rings. The Hall–Kier alpha value is -0.890. The third kappa shape index (κ3) is 1.44. The van der Waals surface area contributed by atoms with Crippen molar-refractivity contribution >= 4 is 0 Å². The van der Waals surface area contributed by atoms with Gasteiger partial charge in [-0.15, -0.1) is 0 Å². The van der Waals surface area contributed by atoms with Crippen LogP contribution < -0.4 is 5.73 Å². The van der Waals surface area contributed by atoms with Gasteiger partial charge < -0.3 is 5.73 Å². The molecule has 0 spiro atoms. The topological polar surface area (TPSA) is 26.0 Å². The van der Waals surface area contributed by atoms with E-state index in [4.69, 9.17) is 5.73 Å². The monoisotopic (exact) mass is 193 g/mol. The lowest BCUT2D eigenvalue weighted by Gasteiger charge is -2.42. The van der Waals surface area contributed by atoms with Crippen molar-refractivity contribution in [3.8, 4) is 0 Å². The maximum atomic E-state index is 13.6. The van der Waals surface area contributed by atoms with Crippen LogP contribution in [0.5, 0.6) is 0 Å². The van der Waals surface area contributed by atoms with E-state index in [1.807, 2.05) is 12.1 Å². The van der Waals surface area contributed by atoms with Gasteiger partial charge in [-0.2, -0.15) is 0 Å². The molecule has 1 nitrogen and oxygen atoms in total. The van der Waals surface area contributed by atoms with E-state index in [2.05, 4.69) is 0 Å². The van der Waals surface area contributed by atoms with Crippen molar-refractivity contribution in [3.05, 3.63) is 35.6 Å². The van der Waals surface area contributed by atoms with E-state index < -0.39 is 0 Å². The third-order valence-electron chi connectivity index (χ3n) is 3.38. The van der Waals surface area contributed by atoms with Crippen LogP contribution in [0.1, 0.15) is 31.2 Å². The number of nitrogens with two attached hydrogens (primary N) is 1. The molecule has 2 N–H and O–H groups in total. The predicted molar refractivity (Wildman–Crippen MR) is 55.6 cm³/mol. The second-order valence-corrected chi connectivity index (χ2v) is 4.15. The lowest BCUT2D eigenvalue weighted by Crippen LogP contribution is -2.37. The molecule has 0 bridgehead atoms. The Labute approximate surface area is 84.1 Å². The maximum Gasteiger partial charge on any atom is 0.126 e. The maximum absolute atomic E-state index is 13.6. The smallest absolute Gasteiger partial charge is 0.126 e. The summed E-state index contributed by atoms with van der Waals surface area (Å²) >= 11 is 0. The molecule has 0 aliphatic heterocycles. The molecular weight excluding hydrogens is 177 g/mol. The predicted octanol–water partition coefficient (Wildman–Crippen LogP) is 2.60. The van der Waals surface area contributed by atoms with Crippen LogP contribution in [0.2, 0.25) is 0 Å². The Balaban J connectivity index is 2.32. The van der Waals surface area contributed by atoms with Crippen molar-refractivity contribution in [1.29, 1.82) is 0 Å². The van der Waals surface area contributed by atoms with Gasteiger partial charge in [-0.3, -0.25) is 0 Å². The highest BCUT2D eigenvalue weighted by molar-refractivity contribution is 5.29. The first-order chi connectivity index (χ1) is 6.78. The summed E-state index contributed by atoms with van der Waals surface area (Å²) in [5.41, 5.74) is 6.52. The Morgan fingerprint density at radius 3 is 2.50 bits per heavy atom. The highest BCUT2D eigenvalue weighted by atomic mass is 19.1. The van der Waals surface area contributed by atoms with Crippen LogP contribution in [0.15, 0.2) is 24.3 Å². The van der Waals surface area contributed by atoms with Crippen LogP contribution in [0.3, 0.4) is 0 Å². The van der Waals surface area contributed by atoms with Crippen molar-refractivity contribution in [2.75, 3.05) is 6.54 Å². The average Bonchev–Trinajstić information content (AvgIpc) is 2.13. The van der Waals surface area contributed by atoms with E-state index >= 15 is 0 Å². The highest BCUT2D eigenvalue weighted by Gasteiger charge is 2.39. The first-order valence-electron chi connectivity index (χ1n) is 5.24. The second-order valence-electron chi connectivity index (χ2n) is 4.15. The molecule has 0 atom stereocenters. The van der Waals surface area contributed by atoms with Crippen LogP contribution in [0.25, 0.3) is 0 Å². The molecule has 1 aromatic carbocycles. The van der Waals surface area contributed by atoms with E-state index in [0.717, 1.165) is 24.8 Å². The Bertz CT molecular complexity index is 318. The van der Waals surface area contributed by atoms with Crippen LogP contribution >= 0.6 is 0 Å². The summed E-state index contributed by atoms with van der Waals surface area (Å²) in [6, 6.07) is 7.11. The number of hydrogen-bond donors (Lipinski definition) is 1. The highest BCUT2D eigenvalue weighted by Crippen LogP contribution is 2.46. The van der Waals surface area contributed by atoms with Crippen molar-refractivity contribution in [1.82, 2.24) is 0 Å². The van der Waals surface area contributed by atoms with Gasteiger partial charge in [0.1, 0.15) is 5.82 Å². The summed E-state index contributed by atoms with van der Waals surface area (Å²) in [5.74, 6) is -0.0688. The van der Waals surface area contributed by atoms with Gasteiger partial charge >= 0.3 is 0 Å². The van der Waals surface area contributed by atoms with Gasteiger partial charge in [-0.1, -0.05) is 24.6 Å². The molecule has 2 rings (SSSR count). The Morgan fingerprint density at radius 2 is 2.00 bits per heavy atom. The van der Waals surface area contributed by atoms with Gasteiger partial charge in [0.2, 0.25) is 0 Å². The molecule has 1 fully saturated rings. The number of benzene rings is 1. The molecule has 0 heterocycles. The quantitative estimate of drug-likeness (QED) is 0.784. The first-order valence-corrected chi connectivity index (χ1v) is 5.24. The molecule has 0 unspecified atom stereocenters. The molecule has 1 aromatic rings. The third-order valence-corrected chi connectivity index (χ3v) is 3.38. The molecule has 0 radical (unpaired) electrons. The molecule has 1 aliphatic carbocycles. The van der Waals surface area contributed by atoms with Gasteiger partial charge in [0.05, 0.1) is 0 Å². The minimum absolute atomic E-state index is 0.0556. The van der Waals surface area contributed by atoms with E-state index in [-0.39, 0.29) is 11.2 Å². The zero-order valence-corrected chi connectivity index (χ0v) is 8.30. The fourth-order valence-corrected chi connectivity index (χ4v) is 2.43. The molecule has 14 heavy (non-hydrogen) atoms. The average molecular weight is 193 g/mol. The Kier molecular flexibility index (Phi) is 2.55. The van der Waals surface area contributed by atoms with Gasteiger partial charge in [-0.25, -0.2) is 4.39 Å². The van der Waals surface area contributed by atoms with E-state index in [9.17, 15) is 4.39 Å². The standard InChI is InChI=1S/C12H16FN/c13-11-5-2-1-4-10(11)12(8-9-14)6-3-7-12/h1-2,4-5H,3,6-9,14H2. The largest absolute Gasteiger partial charge is 0.330 e. The molecular formula is C12H16FN. The fraction of sp³-hybridized carbons (Fsp3) is 0.500. The summed E-state index contributed by atoms with van der Waals surface area (Å²) in [6.07, 6.45) is 4.29. The van der Waals surface area contributed by atoms with Gasteiger partial charge in [-0.05, 0) is 42.9 Å². The SMILES string of the molecule is NCCC1(c2ccccc2F)CCC1. The zero-order chi connectivity index (χ0) is 10.0. The number of halogens is 1. The number of rotatable bonds is 3. The van der Waals surface area contributed by atoms with Crippen molar-refractivity contribution < 1.29 is 4.39 Å². The van der Waals surface area contributed by atoms with Crippen molar-refractivity contribution in [2.45, 2.75) is 31.1 Å². The van der Waals surface area contributed by atoms with Crippen molar-refractivity contribution in [2.24, 2.45) is 5.73 Å². The van der Waals surface area contributed by atoms with E-state index in [1.165, 1.54) is 6.42 Å². The Morgan fingerprint density at radius 1 is 1.29 bits per heavy atom. The van der Waals surface area contributed by atoms with Crippen LogP contribution in [-0.4, -0.2) is 6.54 Å². The minimum atomic E-state index is -0.0688. The van der Waals surface area contributed by atoms with E-state index in [1.54, 1.807) is 12.1 Å². The summed E-state index contributed by atoms with van der Waals surface area (Å²) in [4.78, 5) is 0. The van der Waals surface area contributed by atoms with Crippen LogP contribution in [-0.2, 0) is 5.41 Å². The fourth-order valence-electron chi connectivity index (χ4n) is 2.43. The van der Waals surface area contributed by atoms with Crippen molar-refractivity contribution in [3.63, 3.8) is 0 Å². The van der Waals surface area contributed by atoms with E-state index in [0.29, 0.717) is 6.54 Å². The molecule has 0 saturated heterocycles. The molecule has 0 amide bonds. The summed E-state index contributed by atoms with van der Waals surface area (Å²) in [5, 5.41) is 0. The van der Waals surface area contributed by atoms with Gasteiger partial charge in [0.15, 0.2) is 0 Å². The van der Waals surface area contributed by atoms with Crippen LogP contribution in [0.4, 0.5) is 4.39 Å². The molecule has 0 aromatic heterocycles. The summed E-state index contributed by atoms with van der Waals surface area (Å²) in [6.45, 7) is 0.647. The summed E-state index contributed by atoms with van der Waals surface area (Å²) < 4.78 is 13.6. The van der Waals surface area contributed by atoms with Crippen LogP contribution in [0, 0.1) is 5.82 Å². The number of hydrogen-bond acceptors (Lipinski definition) is 1. The zero-order valence-electron chi connectivity index (χ0n) is 8.30. The second kappa shape index (κ2) is 3.70. The molecule has 2 heteroatoms. The van der Waals surface area contributed by atoms with Gasteiger partial charge in [0, 0.05) is 0 Å². The first kappa shape index (κ1) is 9.66. The molecule has 1 saturated carbocycles.